The zero-order chi connectivity index (χ0) is 20.7. The van der Waals surface area contributed by atoms with E-state index in [0.717, 1.165) is 0 Å². The third-order valence-electron chi connectivity index (χ3n) is 3.23. The predicted octanol–water partition coefficient (Wildman–Crippen LogP) is 3.52. The van der Waals surface area contributed by atoms with E-state index < -0.39 is 17.8 Å². The van der Waals surface area contributed by atoms with Crippen LogP contribution in [-0.2, 0) is 9.47 Å². The van der Waals surface area contributed by atoms with Gasteiger partial charge in [0, 0.05) is 5.69 Å². The number of carbonyl (C=O) groups is 2. The van der Waals surface area contributed by atoms with Crippen LogP contribution in [0.15, 0.2) is 24.3 Å². The Morgan fingerprint density at radius 1 is 1.04 bits per heavy atom. The number of hydrogen-bond acceptors (Lipinski definition) is 7. The number of rotatable bonds is 3. The summed E-state index contributed by atoms with van der Waals surface area (Å²) in [4.78, 5) is 22.2. The lowest BCUT2D eigenvalue weighted by Crippen LogP contribution is -2.08. The molecule has 0 saturated carbocycles. The van der Waals surface area contributed by atoms with Crippen LogP contribution < -0.4 is 16.2 Å². The van der Waals surface area contributed by atoms with Gasteiger partial charge in [-0.2, -0.15) is 0 Å². The number of nitrogens with two attached hydrogens (primary N) is 2. The summed E-state index contributed by atoms with van der Waals surface area (Å²) in [6.45, 7) is 0. The van der Waals surface area contributed by atoms with Gasteiger partial charge >= 0.3 is 11.9 Å². The summed E-state index contributed by atoms with van der Waals surface area (Å²) < 4.78 is 27.6. The smallest absolute Gasteiger partial charge is 0.341 e. The van der Waals surface area contributed by atoms with Gasteiger partial charge in [-0.1, -0.05) is 11.6 Å². The lowest BCUT2D eigenvalue weighted by molar-refractivity contribution is 0.0588. The van der Waals surface area contributed by atoms with Crippen LogP contribution in [-0.4, -0.2) is 33.3 Å². The van der Waals surface area contributed by atoms with Crippen LogP contribution in [0, 0.1) is 9.39 Å². The third kappa shape index (κ3) is 5.60. The molecule has 4 N–H and O–H groups in total. The lowest BCUT2D eigenvalue weighted by atomic mass is 10.2. The van der Waals surface area contributed by atoms with Crippen molar-refractivity contribution in [3.05, 3.63) is 49.8 Å². The number of nitrogen functional groups attached to an aromatic ring is 2. The summed E-state index contributed by atoms with van der Waals surface area (Å²) in [5.74, 6) is -1.66. The van der Waals surface area contributed by atoms with Gasteiger partial charge in [-0.15, -0.1) is 0 Å². The van der Waals surface area contributed by atoms with E-state index in [1.165, 1.54) is 39.5 Å². The maximum absolute atomic E-state index is 13.6. The molecule has 0 saturated heterocycles. The average molecular weight is 511 g/mol. The van der Waals surface area contributed by atoms with Gasteiger partial charge in [-0.05, 0) is 46.9 Å². The Morgan fingerprint density at radius 3 is 2.07 bits per heavy atom. The zero-order valence-corrected chi connectivity index (χ0v) is 17.6. The average Bonchev–Trinajstić information content (AvgIpc) is 2.66. The monoisotopic (exact) mass is 510 g/mol. The highest BCUT2D eigenvalue weighted by Gasteiger charge is 2.20. The zero-order valence-electron chi connectivity index (χ0n) is 14.6. The number of halogens is 3. The van der Waals surface area contributed by atoms with E-state index in [0.29, 0.717) is 16.3 Å². The van der Waals surface area contributed by atoms with Gasteiger partial charge in [-0.3, -0.25) is 0 Å². The standard InChI is InChI=1S/C9H9FINO3.C8H8ClNO2/c1-14-5-3-4(9(13)15-2)6(10)7(11)8(5)12;1-12-8(11)6-3-2-5(10)4-7(6)9/h3H,12H2,1-2H3;2-4H,10H2,1H3. The molecule has 0 aliphatic heterocycles. The molecule has 0 amide bonds. The van der Waals surface area contributed by atoms with Gasteiger partial charge < -0.3 is 25.7 Å². The van der Waals surface area contributed by atoms with Crippen molar-refractivity contribution in [3.8, 4) is 5.75 Å². The minimum Gasteiger partial charge on any atom is -0.495 e. The summed E-state index contributed by atoms with van der Waals surface area (Å²) in [5.41, 5.74) is 11.8. The second-order valence-electron chi connectivity index (χ2n) is 4.89. The number of anilines is 2. The summed E-state index contributed by atoms with van der Waals surface area (Å²) in [6.07, 6.45) is 0. The molecule has 0 heterocycles. The van der Waals surface area contributed by atoms with E-state index in [4.69, 9.17) is 27.8 Å². The highest BCUT2D eigenvalue weighted by Crippen LogP contribution is 2.31. The Kier molecular flexibility index (Phi) is 8.57. The third-order valence-corrected chi connectivity index (χ3v) is 4.60. The molecule has 146 valence electrons. The number of benzene rings is 2. The van der Waals surface area contributed by atoms with Crippen LogP contribution >= 0.6 is 34.2 Å². The molecule has 0 atom stereocenters. The Balaban J connectivity index is 0.000000277. The molecule has 0 aliphatic carbocycles. The molecule has 2 aromatic carbocycles. The molecule has 7 nitrogen and oxygen atoms in total. The van der Waals surface area contributed by atoms with Crippen LogP contribution in [0.1, 0.15) is 20.7 Å². The molecule has 2 rings (SSSR count). The fourth-order valence-electron chi connectivity index (χ4n) is 1.85. The Hall–Kier alpha value is -2.27. The van der Waals surface area contributed by atoms with Crippen LogP contribution in [0.2, 0.25) is 5.02 Å². The Morgan fingerprint density at radius 2 is 1.59 bits per heavy atom. The molecular weight excluding hydrogens is 494 g/mol. The van der Waals surface area contributed by atoms with E-state index in [9.17, 15) is 14.0 Å². The van der Waals surface area contributed by atoms with Crippen molar-refractivity contribution in [2.24, 2.45) is 0 Å². The quantitative estimate of drug-likeness (QED) is 0.369. The van der Waals surface area contributed by atoms with Gasteiger partial charge in [0.25, 0.3) is 0 Å². The van der Waals surface area contributed by atoms with Crippen LogP contribution in [0.25, 0.3) is 0 Å². The van der Waals surface area contributed by atoms with Crippen LogP contribution in [0.4, 0.5) is 15.8 Å². The summed E-state index contributed by atoms with van der Waals surface area (Å²) >= 11 is 7.43. The fourth-order valence-corrected chi connectivity index (χ4v) is 2.67. The van der Waals surface area contributed by atoms with Gasteiger partial charge in [0.1, 0.15) is 11.3 Å². The highest BCUT2D eigenvalue weighted by atomic mass is 127. The van der Waals surface area contributed by atoms with Crippen molar-refractivity contribution in [2.75, 3.05) is 32.8 Å². The van der Waals surface area contributed by atoms with Gasteiger partial charge in [-0.25, -0.2) is 14.0 Å². The van der Waals surface area contributed by atoms with Crippen molar-refractivity contribution in [3.63, 3.8) is 0 Å². The molecule has 27 heavy (non-hydrogen) atoms. The second kappa shape index (κ2) is 10.2. The number of carbonyl (C=O) groups excluding carboxylic acids is 2. The van der Waals surface area contributed by atoms with Gasteiger partial charge in [0.15, 0.2) is 5.82 Å². The summed E-state index contributed by atoms with van der Waals surface area (Å²) in [5, 5.41) is 0.307. The normalized spacial score (nSPS) is 9.70. The van der Waals surface area contributed by atoms with Crippen molar-refractivity contribution in [1.82, 2.24) is 0 Å². The van der Waals surface area contributed by atoms with Crippen molar-refractivity contribution >= 4 is 57.5 Å². The van der Waals surface area contributed by atoms with Crippen molar-refractivity contribution in [1.29, 1.82) is 0 Å². The first-order valence-electron chi connectivity index (χ1n) is 7.21. The molecule has 10 heteroatoms. The van der Waals surface area contributed by atoms with Gasteiger partial charge in [0.2, 0.25) is 0 Å². The van der Waals surface area contributed by atoms with Crippen molar-refractivity contribution in [2.45, 2.75) is 0 Å². The summed E-state index contributed by atoms with van der Waals surface area (Å²) in [7, 11) is 3.87. The molecule has 0 aromatic heterocycles. The molecule has 0 unspecified atom stereocenters. The Bertz CT molecular complexity index is 864. The molecule has 0 fully saturated rings. The largest absolute Gasteiger partial charge is 0.495 e. The molecule has 0 radical (unpaired) electrons. The molecule has 0 aliphatic rings. The predicted molar refractivity (Wildman–Crippen MR) is 109 cm³/mol. The molecular formula is C17H17ClFIN2O5. The number of ether oxygens (including phenoxy) is 3. The fraction of sp³-hybridized carbons (Fsp3) is 0.176. The molecule has 0 bridgehead atoms. The van der Waals surface area contributed by atoms with E-state index in [2.05, 4.69) is 9.47 Å². The molecule has 2 aromatic rings. The summed E-state index contributed by atoms with van der Waals surface area (Å²) in [6, 6.07) is 5.86. The van der Waals surface area contributed by atoms with Gasteiger partial charge in [0.05, 0.1) is 41.2 Å². The maximum Gasteiger partial charge on any atom is 0.341 e. The maximum atomic E-state index is 13.6. The first kappa shape index (κ1) is 22.8. The number of esters is 2. The first-order chi connectivity index (χ1) is 12.7. The highest BCUT2D eigenvalue weighted by molar-refractivity contribution is 14.1. The van der Waals surface area contributed by atoms with E-state index in [1.807, 2.05) is 0 Å². The van der Waals surface area contributed by atoms with Crippen LogP contribution in [0.5, 0.6) is 5.75 Å². The van der Waals surface area contributed by atoms with Crippen LogP contribution in [0.3, 0.4) is 0 Å². The van der Waals surface area contributed by atoms with E-state index >= 15 is 0 Å². The van der Waals surface area contributed by atoms with E-state index in [-0.39, 0.29) is 20.6 Å². The Labute approximate surface area is 173 Å². The minimum atomic E-state index is -0.760. The SMILES string of the molecule is COC(=O)c1cc(OC)c(N)c(I)c1F.COC(=O)c1ccc(N)cc1Cl. The lowest BCUT2D eigenvalue weighted by Gasteiger charge is -2.10. The first-order valence-corrected chi connectivity index (χ1v) is 8.66. The minimum absolute atomic E-state index is 0.146. The number of methoxy groups -OCH3 is 3. The topological polar surface area (TPSA) is 114 Å². The van der Waals surface area contributed by atoms with E-state index in [1.54, 1.807) is 28.7 Å². The second-order valence-corrected chi connectivity index (χ2v) is 6.38. The van der Waals surface area contributed by atoms with Crippen molar-refractivity contribution < 1.29 is 28.2 Å². The molecule has 0 spiro atoms. The number of hydrogen-bond donors (Lipinski definition) is 2.